The number of aromatic nitrogens is 1. The largest absolute Gasteiger partial charge is 0.354 e. The summed E-state index contributed by atoms with van der Waals surface area (Å²) in [6.45, 7) is 0. The summed E-state index contributed by atoms with van der Waals surface area (Å²) in [6, 6.07) is 27.2. The number of nitrogens with zero attached hydrogens (tertiary/aromatic N) is 2. The third kappa shape index (κ3) is 4.77. The first-order chi connectivity index (χ1) is 16.7. The average Bonchev–Trinajstić information content (AvgIpc) is 3.40. The van der Waals surface area contributed by atoms with Gasteiger partial charge in [0.05, 0.1) is 11.9 Å². The molecule has 2 amide bonds. The van der Waals surface area contributed by atoms with E-state index >= 15 is 0 Å². The molecule has 2 heterocycles. The third-order valence-electron chi connectivity index (χ3n) is 5.35. The summed E-state index contributed by atoms with van der Waals surface area (Å²) in [4.78, 5) is 28.1. The van der Waals surface area contributed by atoms with E-state index in [2.05, 4.69) is 25.8 Å². The highest BCUT2D eigenvalue weighted by atomic mass is 32.2. The number of thioether (sulfide) groups is 1. The normalized spacial score (nSPS) is 16.9. The van der Waals surface area contributed by atoms with Gasteiger partial charge in [-0.15, -0.1) is 5.10 Å². The van der Waals surface area contributed by atoms with Gasteiger partial charge < -0.3 is 15.6 Å². The Morgan fingerprint density at radius 2 is 1.68 bits per heavy atom. The number of rotatable bonds is 6. The molecule has 34 heavy (non-hydrogen) atoms. The van der Waals surface area contributed by atoms with Gasteiger partial charge in [-0.05, 0) is 23.8 Å². The van der Waals surface area contributed by atoms with Crippen molar-refractivity contribution in [2.24, 2.45) is 10.2 Å². The Labute approximate surface area is 200 Å². The lowest BCUT2D eigenvalue weighted by Gasteiger charge is -2.06. The number of nitrogens with one attached hydrogen (secondary N) is 3. The second kappa shape index (κ2) is 9.76. The lowest BCUT2D eigenvalue weighted by molar-refractivity contribution is -0.122. The molecular formula is C26H21N5O2S. The quantitative estimate of drug-likeness (QED) is 0.281. The minimum absolute atomic E-state index is 0.0503. The molecule has 1 saturated heterocycles. The molecule has 7 nitrogen and oxygen atoms in total. The molecule has 5 rings (SSSR count). The molecule has 0 saturated carbocycles. The molecule has 1 aromatic heterocycles. The van der Waals surface area contributed by atoms with Crippen molar-refractivity contribution in [2.75, 3.05) is 5.32 Å². The van der Waals surface area contributed by atoms with Crippen LogP contribution in [0.5, 0.6) is 0 Å². The van der Waals surface area contributed by atoms with E-state index in [-0.39, 0.29) is 18.2 Å². The molecule has 3 N–H and O–H groups in total. The molecule has 0 aliphatic carbocycles. The van der Waals surface area contributed by atoms with E-state index in [1.807, 2.05) is 72.8 Å². The zero-order valence-corrected chi connectivity index (χ0v) is 18.9. The SMILES string of the molecule is O=C(CC1S/C(=N/N=C/c2c(-c3ccccc3)[nH]c3ccccc23)NC1=O)Nc1ccccc1. The highest BCUT2D eigenvalue weighted by Gasteiger charge is 2.32. The van der Waals surface area contributed by atoms with Crippen molar-refractivity contribution >= 4 is 51.5 Å². The summed E-state index contributed by atoms with van der Waals surface area (Å²) in [7, 11) is 0. The van der Waals surface area contributed by atoms with Crippen molar-refractivity contribution in [1.29, 1.82) is 0 Å². The van der Waals surface area contributed by atoms with Crippen LogP contribution in [0.15, 0.2) is 95.1 Å². The molecule has 8 heteroatoms. The van der Waals surface area contributed by atoms with Crippen LogP contribution in [-0.4, -0.2) is 33.4 Å². The van der Waals surface area contributed by atoms with Gasteiger partial charge >= 0.3 is 0 Å². The molecule has 1 unspecified atom stereocenters. The van der Waals surface area contributed by atoms with Gasteiger partial charge in [-0.3, -0.25) is 9.59 Å². The lowest BCUT2D eigenvalue weighted by atomic mass is 10.1. The Morgan fingerprint density at radius 3 is 2.47 bits per heavy atom. The maximum Gasteiger partial charge on any atom is 0.240 e. The number of aromatic amines is 1. The smallest absolute Gasteiger partial charge is 0.240 e. The first-order valence-electron chi connectivity index (χ1n) is 10.8. The van der Waals surface area contributed by atoms with E-state index < -0.39 is 5.25 Å². The summed E-state index contributed by atoms with van der Waals surface area (Å²) < 4.78 is 0. The van der Waals surface area contributed by atoms with Gasteiger partial charge in [0.1, 0.15) is 5.25 Å². The molecule has 168 valence electrons. The number of H-pyrrole nitrogens is 1. The van der Waals surface area contributed by atoms with Gasteiger partial charge in [0.25, 0.3) is 0 Å². The number of hydrogen-bond acceptors (Lipinski definition) is 5. The van der Waals surface area contributed by atoms with E-state index in [0.29, 0.717) is 10.9 Å². The number of hydrogen-bond donors (Lipinski definition) is 3. The average molecular weight is 468 g/mol. The standard InChI is InChI=1S/C26H21N5O2S/c32-23(28-18-11-5-2-6-12-18)15-22-25(33)30-26(34-22)31-27-16-20-19-13-7-8-14-21(19)29-24(20)17-9-3-1-4-10-17/h1-14,16,22,29H,15H2,(H,28,32)(H,30,31,33)/b27-16+. The van der Waals surface area contributed by atoms with Gasteiger partial charge in [-0.25, -0.2) is 0 Å². The highest BCUT2D eigenvalue weighted by molar-refractivity contribution is 8.15. The zero-order chi connectivity index (χ0) is 23.3. The second-order valence-electron chi connectivity index (χ2n) is 7.69. The van der Waals surface area contributed by atoms with Crippen LogP contribution >= 0.6 is 11.8 Å². The summed E-state index contributed by atoms with van der Waals surface area (Å²) in [5.74, 6) is -0.478. The highest BCUT2D eigenvalue weighted by Crippen LogP contribution is 2.29. The number of amides is 2. The maximum absolute atomic E-state index is 12.3. The number of benzene rings is 3. The van der Waals surface area contributed by atoms with Crippen LogP contribution in [0.1, 0.15) is 12.0 Å². The molecule has 1 aliphatic heterocycles. The van der Waals surface area contributed by atoms with Crippen LogP contribution in [0.2, 0.25) is 0 Å². The molecule has 1 fully saturated rings. The number of carbonyl (C=O) groups excluding carboxylic acids is 2. The topological polar surface area (TPSA) is 98.7 Å². The van der Waals surface area contributed by atoms with Gasteiger partial charge in [0, 0.05) is 28.6 Å². The Bertz CT molecular complexity index is 1400. The summed E-state index contributed by atoms with van der Waals surface area (Å²) in [5.41, 5.74) is 4.61. The molecule has 0 bridgehead atoms. The number of fused-ring (bicyclic) bond motifs is 1. The minimum atomic E-state index is -0.550. The number of amidine groups is 1. The fraction of sp³-hybridized carbons (Fsp3) is 0.0769. The van der Waals surface area contributed by atoms with Gasteiger partial charge in [-0.2, -0.15) is 5.10 Å². The third-order valence-corrected chi connectivity index (χ3v) is 6.42. The molecule has 4 aromatic rings. The zero-order valence-electron chi connectivity index (χ0n) is 18.1. The molecule has 0 radical (unpaired) electrons. The van der Waals surface area contributed by atoms with Crippen molar-refractivity contribution < 1.29 is 9.59 Å². The Hall–Kier alpha value is -4.17. The van der Waals surface area contributed by atoms with Gasteiger partial charge in [-0.1, -0.05) is 78.5 Å². The first kappa shape index (κ1) is 21.7. The van der Waals surface area contributed by atoms with E-state index in [4.69, 9.17) is 0 Å². The molecule has 3 aromatic carbocycles. The molecule has 1 aliphatic rings. The van der Waals surface area contributed by atoms with Crippen molar-refractivity contribution in [2.45, 2.75) is 11.7 Å². The van der Waals surface area contributed by atoms with E-state index in [9.17, 15) is 9.59 Å². The first-order valence-corrected chi connectivity index (χ1v) is 11.6. The molecule has 0 spiro atoms. The van der Waals surface area contributed by atoms with E-state index in [0.717, 1.165) is 27.7 Å². The minimum Gasteiger partial charge on any atom is -0.354 e. The summed E-state index contributed by atoms with van der Waals surface area (Å²) >= 11 is 1.21. The van der Waals surface area contributed by atoms with Gasteiger partial charge in [0.2, 0.25) is 11.8 Å². The number of carbonyl (C=O) groups is 2. The van der Waals surface area contributed by atoms with Crippen LogP contribution in [0.3, 0.4) is 0 Å². The predicted molar refractivity (Wildman–Crippen MR) is 138 cm³/mol. The van der Waals surface area contributed by atoms with Crippen LogP contribution in [0.4, 0.5) is 5.69 Å². The van der Waals surface area contributed by atoms with Crippen molar-refractivity contribution in [3.63, 3.8) is 0 Å². The fourth-order valence-electron chi connectivity index (χ4n) is 3.76. The fourth-order valence-corrected chi connectivity index (χ4v) is 4.68. The van der Waals surface area contributed by atoms with Crippen molar-refractivity contribution in [3.8, 4) is 11.3 Å². The summed E-state index contributed by atoms with van der Waals surface area (Å²) in [5, 5.41) is 14.8. The van der Waals surface area contributed by atoms with Crippen LogP contribution in [0.25, 0.3) is 22.2 Å². The van der Waals surface area contributed by atoms with E-state index in [1.54, 1.807) is 18.3 Å². The molecule has 1 atom stereocenters. The maximum atomic E-state index is 12.3. The lowest BCUT2D eigenvalue weighted by Crippen LogP contribution is -2.28. The van der Waals surface area contributed by atoms with Crippen LogP contribution < -0.4 is 10.6 Å². The van der Waals surface area contributed by atoms with Crippen molar-refractivity contribution in [3.05, 3.63) is 90.5 Å². The second-order valence-corrected chi connectivity index (χ2v) is 8.88. The van der Waals surface area contributed by atoms with E-state index in [1.165, 1.54) is 11.8 Å². The van der Waals surface area contributed by atoms with Crippen LogP contribution in [-0.2, 0) is 9.59 Å². The number of para-hydroxylation sites is 2. The van der Waals surface area contributed by atoms with Gasteiger partial charge in [0.15, 0.2) is 5.17 Å². The molecular weight excluding hydrogens is 446 g/mol. The monoisotopic (exact) mass is 467 g/mol. The Balaban J connectivity index is 1.31. The van der Waals surface area contributed by atoms with Crippen molar-refractivity contribution in [1.82, 2.24) is 10.3 Å². The Morgan fingerprint density at radius 1 is 0.971 bits per heavy atom. The summed E-state index contributed by atoms with van der Waals surface area (Å²) in [6.07, 6.45) is 1.74. The predicted octanol–water partition coefficient (Wildman–Crippen LogP) is 4.79. The Kier molecular flexibility index (Phi) is 6.22. The van der Waals surface area contributed by atoms with Crippen LogP contribution in [0, 0.1) is 0 Å². The number of anilines is 1.